The molecule has 0 spiro atoms. The topological polar surface area (TPSA) is 9.23 Å². The van der Waals surface area contributed by atoms with Crippen LogP contribution < -0.4 is 4.74 Å². The van der Waals surface area contributed by atoms with Crippen molar-refractivity contribution in [1.29, 1.82) is 0 Å². The van der Waals surface area contributed by atoms with Crippen LogP contribution in [0.4, 0.5) is 13.2 Å². The molecule has 0 atom stereocenters. The molecule has 0 heterocycles. The molecule has 0 bridgehead atoms. The Labute approximate surface area is 130 Å². The molecule has 1 aliphatic rings. The molecular formula is C18H25F3O. The van der Waals surface area contributed by atoms with Crippen LogP contribution in [-0.4, -0.2) is 6.61 Å². The lowest BCUT2D eigenvalue weighted by Crippen LogP contribution is -2.20. The maximum atomic E-state index is 13.1. The summed E-state index contributed by atoms with van der Waals surface area (Å²) in [5.74, 6) is -2.52. The van der Waals surface area contributed by atoms with Crippen LogP contribution in [0.5, 0.6) is 5.75 Å². The maximum Gasteiger partial charge on any atom is 0.194 e. The Balaban J connectivity index is 1.73. The number of unbranched alkanes of at least 4 members (excludes halogenated alkanes) is 2. The quantitative estimate of drug-likeness (QED) is 0.452. The van der Waals surface area contributed by atoms with Crippen molar-refractivity contribution in [3.63, 3.8) is 0 Å². The van der Waals surface area contributed by atoms with Gasteiger partial charge in [-0.05, 0) is 24.7 Å². The van der Waals surface area contributed by atoms with E-state index >= 15 is 0 Å². The zero-order chi connectivity index (χ0) is 15.9. The van der Waals surface area contributed by atoms with Crippen molar-refractivity contribution in [3.8, 4) is 5.75 Å². The third-order valence-electron chi connectivity index (χ3n) is 4.63. The van der Waals surface area contributed by atoms with Gasteiger partial charge < -0.3 is 4.74 Å². The second kappa shape index (κ2) is 8.44. The van der Waals surface area contributed by atoms with E-state index in [1.165, 1.54) is 38.5 Å². The molecule has 4 heteroatoms. The van der Waals surface area contributed by atoms with E-state index in [0.29, 0.717) is 12.5 Å². The monoisotopic (exact) mass is 314 g/mol. The van der Waals surface area contributed by atoms with Gasteiger partial charge in [0.25, 0.3) is 0 Å². The summed E-state index contributed by atoms with van der Waals surface area (Å²) >= 11 is 0. The van der Waals surface area contributed by atoms with Crippen LogP contribution in [0.1, 0.15) is 58.3 Å². The van der Waals surface area contributed by atoms with Gasteiger partial charge in [-0.3, -0.25) is 0 Å². The summed E-state index contributed by atoms with van der Waals surface area (Å²) in [4.78, 5) is 0. The van der Waals surface area contributed by atoms with Gasteiger partial charge in [-0.15, -0.1) is 0 Å². The highest BCUT2D eigenvalue weighted by atomic mass is 19.2. The van der Waals surface area contributed by atoms with Gasteiger partial charge in [-0.1, -0.05) is 45.4 Å². The van der Waals surface area contributed by atoms with Crippen LogP contribution in [0.3, 0.4) is 0 Å². The number of benzene rings is 1. The molecule has 1 aromatic carbocycles. The normalized spacial score (nSPS) is 21.8. The number of rotatable bonds is 7. The summed E-state index contributed by atoms with van der Waals surface area (Å²) in [6.07, 6.45) is 9.82. The fourth-order valence-corrected chi connectivity index (χ4v) is 3.20. The van der Waals surface area contributed by atoms with E-state index in [-0.39, 0.29) is 5.75 Å². The molecule has 1 fully saturated rings. The lowest BCUT2D eigenvalue weighted by molar-refractivity contribution is 0.176. The van der Waals surface area contributed by atoms with Crippen molar-refractivity contribution < 1.29 is 17.9 Å². The molecule has 2 rings (SSSR count). The van der Waals surface area contributed by atoms with E-state index in [0.717, 1.165) is 30.9 Å². The minimum absolute atomic E-state index is 0.0708. The highest BCUT2D eigenvalue weighted by molar-refractivity contribution is 5.25. The number of hydrogen-bond acceptors (Lipinski definition) is 1. The summed E-state index contributed by atoms with van der Waals surface area (Å²) in [6.45, 7) is 2.67. The number of ether oxygens (including phenoxy) is 1. The molecule has 1 aliphatic carbocycles. The fraction of sp³-hybridized carbons (Fsp3) is 0.667. The Morgan fingerprint density at radius 2 is 1.55 bits per heavy atom. The molecule has 1 nitrogen and oxygen atoms in total. The van der Waals surface area contributed by atoms with Crippen molar-refractivity contribution in [2.24, 2.45) is 11.8 Å². The van der Waals surface area contributed by atoms with E-state index in [4.69, 9.17) is 4.74 Å². The van der Waals surface area contributed by atoms with Crippen molar-refractivity contribution in [3.05, 3.63) is 29.6 Å². The molecule has 0 saturated heterocycles. The van der Waals surface area contributed by atoms with Crippen LogP contribution in [0.15, 0.2) is 12.1 Å². The lowest BCUT2D eigenvalue weighted by atomic mass is 9.80. The summed E-state index contributed by atoms with van der Waals surface area (Å²) < 4.78 is 44.5. The Kier molecular flexibility index (Phi) is 6.59. The molecule has 0 aromatic heterocycles. The Morgan fingerprint density at radius 3 is 2.14 bits per heavy atom. The van der Waals surface area contributed by atoms with Gasteiger partial charge in [0.05, 0.1) is 6.61 Å². The van der Waals surface area contributed by atoms with Gasteiger partial charge in [0, 0.05) is 12.1 Å². The van der Waals surface area contributed by atoms with E-state index in [2.05, 4.69) is 6.92 Å². The minimum atomic E-state index is -1.44. The van der Waals surface area contributed by atoms with Crippen molar-refractivity contribution >= 4 is 0 Å². The van der Waals surface area contributed by atoms with Gasteiger partial charge in [0.15, 0.2) is 17.5 Å². The molecular weight excluding hydrogens is 289 g/mol. The van der Waals surface area contributed by atoms with Gasteiger partial charge in [-0.2, -0.15) is 0 Å². The van der Waals surface area contributed by atoms with E-state index in [1.54, 1.807) is 0 Å². The van der Waals surface area contributed by atoms with Crippen LogP contribution >= 0.6 is 0 Å². The fourth-order valence-electron chi connectivity index (χ4n) is 3.20. The highest BCUT2D eigenvalue weighted by Crippen LogP contribution is 2.32. The molecule has 0 N–H and O–H groups in total. The largest absolute Gasteiger partial charge is 0.493 e. The maximum absolute atomic E-state index is 13.1. The molecule has 1 aromatic rings. The SMILES string of the molecule is CCCCC[C@H]1CC[C@H](COc2cc(F)c(F)c(F)c2)CC1. The van der Waals surface area contributed by atoms with Crippen molar-refractivity contribution in [1.82, 2.24) is 0 Å². The predicted molar refractivity (Wildman–Crippen MR) is 81.4 cm³/mol. The lowest BCUT2D eigenvalue weighted by Gasteiger charge is -2.28. The minimum Gasteiger partial charge on any atom is -0.493 e. The molecule has 0 unspecified atom stereocenters. The molecule has 0 aliphatic heterocycles. The first-order valence-electron chi connectivity index (χ1n) is 8.37. The average Bonchev–Trinajstić information content (AvgIpc) is 2.52. The van der Waals surface area contributed by atoms with Crippen LogP contribution in [0.2, 0.25) is 0 Å². The summed E-state index contributed by atoms with van der Waals surface area (Å²) in [7, 11) is 0. The second-order valence-corrected chi connectivity index (χ2v) is 6.39. The van der Waals surface area contributed by atoms with Crippen LogP contribution in [0.25, 0.3) is 0 Å². The van der Waals surface area contributed by atoms with E-state index in [9.17, 15) is 13.2 Å². The molecule has 22 heavy (non-hydrogen) atoms. The first-order valence-corrected chi connectivity index (χ1v) is 8.37. The van der Waals surface area contributed by atoms with Gasteiger partial charge in [0.1, 0.15) is 5.75 Å². The smallest absolute Gasteiger partial charge is 0.194 e. The zero-order valence-corrected chi connectivity index (χ0v) is 13.2. The third kappa shape index (κ3) is 4.92. The Morgan fingerprint density at radius 1 is 0.955 bits per heavy atom. The van der Waals surface area contributed by atoms with Crippen LogP contribution in [-0.2, 0) is 0 Å². The van der Waals surface area contributed by atoms with E-state index < -0.39 is 17.5 Å². The van der Waals surface area contributed by atoms with Crippen molar-refractivity contribution in [2.75, 3.05) is 6.61 Å². The molecule has 0 radical (unpaired) electrons. The number of halogens is 3. The first-order chi connectivity index (χ1) is 10.6. The molecule has 1 saturated carbocycles. The second-order valence-electron chi connectivity index (χ2n) is 6.39. The molecule has 0 amide bonds. The van der Waals surface area contributed by atoms with Crippen LogP contribution in [0, 0.1) is 29.3 Å². The third-order valence-corrected chi connectivity index (χ3v) is 4.63. The standard InChI is InChI=1S/C18H25F3O/c1-2-3-4-5-13-6-8-14(9-7-13)12-22-15-10-16(19)18(21)17(20)11-15/h10-11,13-14H,2-9,12H2,1H3/t13-,14-. The Hall–Kier alpha value is -1.19. The summed E-state index contributed by atoms with van der Waals surface area (Å²) in [6, 6.07) is 1.82. The molecule has 124 valence electrons. The van der Waals surface area contributed by atoms with Gasteiger partial charge in [-0.25, -0.2) is 13.2 Å². The first kappa shape index (κ1) is 17.2. The zero-order valence-electron chi connectivity index (χ0n) is 13.2. The van der Waals surface area contributed by atoms with Gasteiger partial charge >= 0.3 is 0 Å². The predicted octanol–water partition coefficient (Wildman–Crippen LogP) is 5.87. The summed E-state index contributed by atoms with van der Waals surface area (Å²) in [5, 5.41) is 0. The number of hydrogen-bond donors (Lipinski definition) is 0. The van der Waals surface area contributed by atoms with Crippen molar-refractivity contribution in [2.45, 2.75) is 58.3 Å². The Bertz CT molecular complexity index is 444. The van der Waals surface area contributed by atoms with Gasteiger partial charge in [0.2, 0.25) is 0 Å². The average molecular weight is 314 g/mol. The van der Waals surface area contributed by atoms with E-state index in [1.807, 2.05) is 0 Å². The summed E-state index contributed by atoms with van der Waals surface area (Å²) in [5.41, 5.74) is 0. The highest BCUT2D eigenvalue weighted by Gasteiger charge is 2.21.